The molecule has 0 spiro atoms. The molecular weight excluding hydrogens is 316 g/mol. The summed E-state index contributed by atoms with van der Waals surface area (Å²) in [5.41, 5.74) is -0.408. The molecule has 4 unspecified atom stereocenters. The maximum absolute atomic E-state index is 12.1. The molecule has 124 valence electrons. The van der Waals surface area contributed by atoms with Gasteiger partial charge in [0, 0.05) is 0 Å². The largest absolute Gasteiger partial charge is 0.393 e. The summed E-state index contributed by atoms with van der Waals surface area (Å²) >= 11 is 0. The van der Waals surface area contributed by atoms with E-state index in [0.717, 1.165) is 5.56 Å². The van der Waals surface area contributed by atoms with Gasteiger partial charge in [0.15, 0.2) is 0 Å². The summed E-state index contributed by atoms with van der Waals surface area (Å²) in [7, 11) is 0. The molecule has 0 radical (unpaired) electrons. The second-order valence-corrected chi connectivity index (χ2v) is 6.56. The van der Waals surface area contributed by atoms with E-state index in [-0.39, 0.29) is 18.4 Å². The summed E-state index contributed by atoms with van der Waals surface area (Å²) < 4.78 is 9.28. The second kappa shape index (κ2) is 4.73. The Morgan fingerprint density at radius 2 is 1.83 bits per heavy atom. The summed E-state index contributed by atoms with van der Waals surface area (Å²) in [4.78, 5) is 47.6. The van der Waals surface area contributed by atoms with Crippen LogP contribution in [0.15, 0.2) is 18.2 Å². The summed E-state index contributed by atoms with van der Waals surface area (Å²) in [6.07, 6.45) is -0.0326. The van der Waals surface area contributed by atoms with E-state index in [1.54, 1.807) is 25.1 Å². The van der Waals surface area contributed by atoms with E-state index in [0.29, 0.717) is 5.56 Å². The van der Waals surface area contributed by atoms with E-state index >= 15 is 0 Å². The molecule has 7 nitrogen and oxygen atoms in total. The molecule has 7 heteroatoms. The quantitative estimate of drug-likeness (QED) is 0.589. The number of aliphatic hydroxyl groups is 1. The van der Waals surface area contributed by atoms with Crippen molar-refractivity contribution < 1.29 is 33.8 Å². The Labute approximate surface area is 136 Å². The van der Waals surface area contributed by atoms with Crippen LogP contribution in [0.5, 0.6) is 0 Å². The van der Waals surface area contributed by atoms with Gasteiger partial charge < -0.3 is 14.6 Å². The van der Waals surface area contributed by atoms with Crippen LogP contribution >= 0.6 is 0 Å². The zero-order chi connectivity index (χ0) is 17.2. The molecule has 0 amide bonds. The molecule has 4 atom stereocenters. The predicted octanol–water partition coefficient (Wildman–Crippen LogP) is 0.459. The average molecular weight is 330 g/mol. The predicted molar refractivity (Wildman–Crippen MR) is 76.2 cm³/mol. The molecule has 1 aliphatic carbocycles. The smallest absolute Gasteiger partial charge is 0.351 e. The monoisotopic (exact) mass is 330 g/mol. The van der Waals surface area contributed by atoms with E-state index in [2.05, 4.69) is 9.47 Å². The Bertz CT molecular complexity index is 811. The van der Waals surface area contributed by atoms with Crippen molar-refractivity contribution in [3.63, 3.8) is 0 Å². The van der Waals surface area contributed by atoms with Gasteiger partial charge in [0.2, 0.25) is 5.60 Å². The Kier molecular flexibility index (Phi) is 2.96. The Morgan fingerprint density at radius 3 is 2.50 bits per heavy atom. The fraction of sp³-hybridized carbons (Fsp3) is 0.412. The SMILES string of the molecule is Cc1ccc2c(c1)C1(O)C(=O)OC(=O)C1CC2C1CC(=O)OC1=O. The molecule has 2 heterocycles. The normalized spacial score (nSPS) is 34.7. The molecule has 24 heavy (non-hydrogen) atoms. The first kappa shape index (κ1) is 15.0. The molecule has 1 aromatic carbocycles. The lowest BCUT2D eigenvalue weighted by atomic mass is 9.64. The van der Waals surface area contributed by atoms with Crippen LogP contribution in [0.3, 0.4) is 0 Å². The molecule has 3 aliphatic rings. The van der Waals surface area contributed by atoms with Gasteiger partial charge in [-0.1, -0.05) is 23.8 Å². The lowest BCUT2D eigenvalue weighted by Gasteiger charge is -2.37. The number of aryl methyl sites for hydroxylation is 1. The van der Waals surface area contributed by atoms with Crippen LogP contribution in [0.4, 0.5) is 0 Å². The van der Waals surface area contributed by atoms with Crippen molar-refractivity contribution in [2.24, 2.45) is 11.8 Å². The third kappa shape index (κ3) is 1.81. The summed E-state index contributed by atoms with van der Waals surface area (Å²) in [6.45, 7) is 1.79. The third-order valence-electron chi connectivity index (χ3n) is 5.19. The van der Waals surface area contributed by atoms with Gasteiger partial charge in [-0.2, -0.15) is 0 Å². The summed E-state index contributed by atoms with van der Waals surface area (Å²) in [6, 6.07) is 5.13. The van der Waals surface area contributed by atoms with Crippen molar-refractivity contribution in [2.75, 3.05) is 0 Å². The fourth-order valence-electron chi connectivity index (χ4n) is 4.00. The minimum absolute atomic E-state index is 0.0458. The van der Waals surface area contributed by atoms with Crippen molar-refractivity contribution in [3.8, 4) is 0 Å². The first-order valence-electron chi connectivity index (χ1n) is 7.66. The van der Waals surface area contributed by atoms with E-state index < -0.39 is 47.2 Å². The van der Waals surface area contributed by atoms with Crippen LogP contribution in [0.25, 0.3) is 0 Å². The number of hydrogen-bond donors (Lipinski definition) is 1. The van der Waals surface area contributed by atoms with Gasteiger partial charge in [-0.3, -0.25) is 14.4 Å². The van der Waals surface area contributed by atoms with Crippen molar-refractivity contribution in [1.82, 2.24) is 0 Å². The molecule has 0 bridgehead atoms. The van der Waals surface area contributed by atoms with E-state index in [9.17, 15) is 24.3 Å². The Balaban J connectivity index is 1.89. The zero-order valence-corrected chi connectivity index (χ0v) is 12.8. The number of ether oxygens (including phenoxy) is 2. The maximum atomic E-state index is 12.1. The lowest BCUT2D eigenvalue weighted by molar-refractivity contribution is -0.159. The first-order valence-corrected chi connectivity index (χ1v) is 7.66. The Hall–Kier alpha value is -2.54. The molecule has 2 aliphatic heterocycles. The summed E-state index contributed by atoms with van der Waals surface area (Å²) in [5.74, 6) is -5.36. The highest BCUT2D eigenvalue weighted by Gasteiger charge is 2.63. The van der Waals surface area contributed by atoms with Crippen molar-refractivity contribution in [3.05, 3.63) is 34.9 Å². The molecule has 2 fully saturated rings. The van der Waals surface area contributed by atoms with Crippen molar-refractivity contribution in [1.29, 1.82) is 0 Å². The molecular formula is C17H14O7. The van der Waals surface area contributed by atoms with Gasteiger partial charge in [0.1, 0.15) is 5.92 Å². The van der Waals surface area contributed by atoms with Crippen LogP contribution < -0.4 is 0 Å². The van der Waals surface area contributed by atoms with Crippen LogP contribution in [-0.4, -0.2) is 29.0 Å². The molecule has 1 N–H and O–H groups in total. The van der Waals surface area contributed by atoms with Gasteiger partial charge in [0.05, 0.1) is 12.3 Å². The highest BCUT2D eigenvalue weighted by Crippen LogP contribution is 2.53. The van der Waals surface area contributed by atoms with E-state index in [1.807, 2.05) is 0 Å². The number of esters is 4. The van der Waals surface area contributed by atoms with E-state index in [4.69, 9.17) is 0 Å². The number of benzene rings is 1. The van der Waals surface area contributed by atoms with Gasteiger partial charge >= 0.3 is 23.9 Å². The fourth-order valence-corrected chi connectivity index (χ4v) is 4.00. The lowest BCUT2D eigenvalue weighted by Crippen LogP contribution is -2.45. The standard InChI is InChI=1S/C17H14O7/c1-7-2-3-8-9(10-6-13(18)23-14(10)19)5-12-15(20)24-16(21)17(12,22)11(8)4-7/h2-4,9-10,12,22H,5-6H2,1H3. The summed E-state index contributed by atoms with van der Waals surface area (Å²) in [5, 5.41) is 10.9. The highest BCUT2D eigenvalue weighted by molar-refractivity contribution is 6.02. The molecule has 2 saturated heterocycles. The number of rotatable bonds is 1. The topological polar surface area (TPSA) is 107 Å². The molecule has 1 aromatic rings. The number of hydrogen-bond acceptors (Lipinski definition) is 7. The van der Waals surface area contributed by atoms with Crippen LogP contribution in [-0.2, 0) is 34.3 Å². The Morgan fingerprint density at radius 1 is 1.08 bits per heavy atom. The number of fused-ring (bicyclic) bond motifs is 3. The van der Waals surface area contributed by atoms with Crippen molar-refractivity contribution >= 4 is 23.9 Å². The van der Waals surface area contributed by atoms with Gasteiger partial charge in [0.25, 0.3) is 0 Å². The second-order valence-electron chi connectivity index (χ2n) is 6.56. The van der Waals surface area contributed by atoms with Gasteiger partial charge in [-0.25, -0.2) is 4.79 Å². The zero-order valence-electron chi connectivity index (χ0n) is 12.8. The third-order valence-corrected chi connectivity index (χ3v) is 5.19. The van der Waals surface area contributed by atoms with E-state index in [1.165, 1.54) is 0 Å². The number of carbonyl (C=O) groups is 4. The average Bonchev–Trinajstić information content (AvgIpc) is 2.96. The molecule has 0 saturated carbocycles. The first-order chi connectivity index (χ1) is 11.3. The van der Waals surface area contributed by atoms with Crippen LogP contribution in [0, 0.1) is 18.8 Å². The van der Waals surface area contributed by atoms with Crippen molar-refractivity contribution in [2.45, 2.75) is 31.3 Å². The minimum Gasteiger partial charge on any atom is -0.393 e. The number of carbonyl (C=O) groups excluding carboxylic acids is 4. The molecule has 4 rings (SSSR count). The molecule has 0 aromatic heterocycles. The highest BCUT2D eigenvalue weighted by atomic mass is 16.6. The minimum atomic E-state index is -2.04. The van der Waals surface area contributed by atoms with Gasteiger partial charge in [-0.15, -0.1) is 0 Å². The van der Waals surface area contributed by atoms with Crippen LogP contribution in [0.2, 0.25) is 0 Å². The van der Waals surface area contributed by atoms with Crippen LogP contribution in [0.1, 0.15) is 35.4 Å². The number of cyclic esters (lactones) is 4. The van der Waals surface area contributed by atoms with Gasteiger partial charge in [-0.05, 0) is 30.4 Å². The maximum Gasteiger partial charge on any atom is 0.351 e.